The third-order valence-electron chi connectivity index (χ3n) is 3.43. The fourth-order valence-electron chi connectivity index (χ4n) is 2.54. The van der Waals surface area contributed by atoms with Gasteiger partial charge < -0.3 is 24.8 Å². The van der Waals surface area contributed by atoms with E-state index < -0.39 is 27.1 Å². The summed E-state index contributed by atoms with van der Waals surface area (Å²) in [6.07, 6.45) is 7.64. The first-order chi connectivity index (χ1) is 9.47. The maximum atomic E-state index is 12.5. The number of aryl methyl sites for hydroxylation is 2. The second kappa shape index (κ2) is 9.87. The smallest absolute Gasteiger partial charge is 1.00 e. The molecule has 1 aliphatic carbocycles. The second-order valence-electron chi connectivity index (χ2n) is 5.72. The van der Waals surface area contributed by atoms with Gasteiger partial charge in [0, 0.05) is 0 Å². The molecule has 2 nitrogen and oxygen atoms in total. The maximum Gasteiger partial charge on any atom is -1.00 e. The number of hydrogen-bond acceptors (Lipinski definition) is 1. The number of halogens is 2. The average molecular weight is 435 g/mol. The Hall–Kier alpha value is -0.150. The summed E-state index contributed by atoms with van der Waals surface area (Å²) >= 11 is -1.92. The van der Waals surface area contributed by atoms with Gasteiger partial charge in [0.2, 0.25) is 0 Å². The quantitative estimate of drug-likeness (QED) is 0.518. The van der Waals surface area contributed by atoms with Gasteiger partial charge in [0.15, 0.2) is 0 Å². The summed E-state index contributed by atoms with van der Waals surface area (Å²) in [7, 11) is 0. The number of amides is 1. The van der Waals surface area contributed by atoms with Crippen molar-refractivity contribution in [3.63, 3.8) is 0 Å². The van der Waals surface area contributed by atoms with Crippen LogP contribution in [0, 0.1) is 13.8 Å². The number of nitrogens with one attached hydrogen (secondary N) is 1. The van der Waals surface area contributed by atoms with Crippen LogP contribution in [0.2, 0.25) is 13.1 Å². The van der Waals surface area contributed by atoms with Crippen molar-refractivity contribution < 1.29 is 50.8 Å². The Morgan fingerprint density at radius 2 is 1.73 bits per heavy atom. The van der Waals surface area contributed by atoms with Crippen LogP contribution < -0.4 is 28.1 Å². The van der Waals surface area contributed by atoms with E-state index in [4.69, 9.17) is 0 Å². The summed E-state index contributed by atoms with van der Waals surface area (Å²) in [5.41, 5.74) is 3.13. The number of benzene rings is 1. The average Bonchev–Trinajstić information content (AvgIpc) is 2.87. The first-order valence-electron chi connectivity index (χ1n) is 7.10. The van der Waals surface area contributed by atoms with Gasteiger partial charge in [-0.2, -0.15) is 0 Å². The van der Waals surface area contributed by atoms with Crippen LogP contribution in [0.1, 0.15) is 27.9 Å². The number of rotatable bonds is 4. The molecular formula is C16H22Cl2NOSiZr. The van der Waals surface area contributed by atoms with Crippen molar-refractivity contribution >= 4 is 11.8 Å². The zero-order valence-corrected chi connectivity index (χ0v) is 18.5. The second-order valence-corrected chi connectivity index (χ2v) is 24.2. The Labute approximate surface area is 154 Å². The standard InChI is InChI=1S/C9H11NO.C5H5.C2H7Si.2ClH.Zr/c1-6-3-7(2)5-8(4-6)9(10)11;1-2-4-5-3-1;1-3-2;;;/h3-5H,1-2H3,(H2,10,11);1-3H,4H2;3H,1-2H3;2*1H;/q;;;;;+3/p-3. The molecule has 0 bridgehead atoms. The zero-order valence-electron chi connectivity index (χ0n) is 13.4. The molecule has 1 aromatic rings. The predicted octanol–water partition coefficient (Wildman–Crippen LogP) is -2.60. The molecule has 0 saturated heterocycles. The van der Waals surface area contributed by atoms with Gasteiger partial charge in [-0.1, -0.05) is 0 Å². The number of carbonyl (C=O) groups is 1. The van der Waals surface area contributed by atoms with E-state index in [1.807, 2.05) is 26.0 Å². The van der Waals surface area contributed by atoms with Crippen LogP contribution in [0.5, 0.6) is 0 Å². The SMILES string of the molecule is Cc1cc(C)cc(C(=O)[NH][Zr+2]([C]2=CC=CC2)[SiH](C)C)c1.[Cl-].[Cl-]. The van der Waals surface area contributed by atoms with Crippen molar-refractivity contribution in [1.29, 1.82) is 0 Å². The molecule has 2 rings (SSSR count). The summed E-state index contributed by atoms with van der Waals surface area (Å²) in [4.78, 5) is 12.5. The first-order valence-corrected chi connectivity index (χ1v) is 16.7. The summed E-state index contributed by atoms with van der Waals surface area (Å²) in [5.74, 6) is -0.647. The summed E-state index contributed by atoms with van der Waals surface area (Å²) in [6.45, 7) is 8.83. The fourth-order valence-corrected chi connectivity index (χ4v) is 16.1. The third-order valence-corrected chi connectivity index (χ3v) is 20.0. The van der Waals surface area contributed by atoms with Gasteiger partial charge in [-0.3, -0.25) is 0 Å². The molecule has 0 fully saturated rings. The molecule has 0 radical (unpaired) electrons. The van der Waals surface area contributed by atoms with Crippen molar-refractivity contribution in [2.24, 2.45) is 0 Å². The monoisotopic (exact) mass is 432 g/mol. The van der Waals surface area contributed by atoms with E-state index >= 15 is 0 Å². The van der Waals surface area contributed by atoms with Gasteiger partial charge in [-0.15, -0.1) is 0 Å². The Balaban J connectivity index is 0.00000220. The van der Waals surface area contributed by atoms with E-state index in [1.165, 1.54) is 0 Å². The van der Waals surface area contributed by atoms with Crippen molar-refractivity contribution in [1.82, 2.24) is 3.26 Å². The van der Waals surface area contributed by atoms with Crippen LogP contribution in [0.25, 0.3) is 0 Å². The van der Waals surface area contributed by atoms with E-state index in [1.54, 1.807) is 3.28 Å². The topological polar surface area (TPSA) is 29.1 Å². The van der Waals surface area contributed by atoms with Gasteiger partial charge >= 0.3 is 131 Å². The molecule has 0 aliphatic heterocycles. The Morgan fingerprint density at radius 1 is 1.14 bits per heavy atom. The summed E-state index contributed by atoms with van der Waals surface area (Å²) in [6, 6.07) is 6.09. The number of hydrogen-bond donors (Lipinski definition) is 1. The molecule has 1 N–H and O–H groups in total. The van der Waals surface area contributed by atoms with E-state index in [9.17, 15) is 4.79 Å². The van der Waals surface area contributed by atoms with Crippen LogP contribution in [0.3, 0.4) is 0 Å². The first kappa shape index (κ1) is 21.9. The molecule has 0 unspecified atom stereocenters. The fraction of sp³-hybridized carbons (Fsp3) is 0.312. The van der Waals surface area contributed by atoms with Gasteiger partial charge in [0.1, 0.15) is 0 Å². The summed E-state index contributed by atoms with van der Waals surface area (Å²) < 4.78 is 4.99. The normalized spacial score (nSPS) is 12.3. The number of allylic oxidation sites excluding steroid dienone is 4. The molecule has 0 spiro atoms. The minimum absolute atomic E-state index is 0. The van der Waals surface area contributed by atoms with Crippen LogP contribution in [-0.2, 0) is 21.2 Å². The molecule has 1 aromatic carbocycles. The van der Waals surface area contributed by atoms with Crippen molar-refractivity contribution in [2.75, 3.05) is 0 Å². The molecule has 0 aromatic heterocycles. The summed E-state index contributed by atoms with van der Waals surface area (Å²) in [5, 5.41) is 0. The van der Waals surface area contributed by atoms with Crippen molar-refractivity contribution in [3.8, 4) is 0 Å². The van der Waals surface area contributed by atoms with Crippen molar-refractivity contribution in [2.45, 2.75) is 33.4 Å². The molecule has 0 heterocycles. The van der Waals surface area contributed by atoms with E-state index in [0.29, 0.717) is 0 Å². The van der Waals surface area contributed by atoms with Gasteiger partial charge in [-0.25, -0.2) is 0 Å². The van der Waals surface area contributed by atoms with Gasteiger partial charge in [0.05, 0.1) is 0 Å². The van der Waals surface area contributed by atoms with E-state index in [2.05, 4.69) is 40.6 Å². The zero-order chi connectivity index (χ0) is 14.7. The molecule has 0 saturated carbocycles. The van der Waals surface area contributed by atoms with Gasteiger partial charge in [0.25, 0.3) is 0 Å². The molecule has 0 atom stereocenters. The maximum absolute atomic E-state index is 12.5. The molecule has 1 amide bonds. The molecule has 22 heavy (non-hydrogen) atoms. The molecule has 119 valence electrons. The Bertz CT molecular complexity index is 567. The number of carbonyl (C=O) groups excluding carboxylic acids is 1. The largest absolute Gasteiger partial charge is 1.00 e. The van der Waals surface area contributed by atoms with Crippen LogP contribution in [0.4, 0.5) is 0 Å². The third kappa shape index (κ3) is 5.81. The predicted molar refractivity (Wildman–Crippen MR) is 84.1 cm³/mol. The van der Waals surface area contributed by atoms with E-state index in [0.717, 1.165) is 23.1 Å². The molecular weight excluding hydrogens is 412 g/mol. The molecule has 6 heteroatoms. The minimum atomic E-state index is -1.92. The van der Waals surface area contributed by atoms with E-state index in [-0.39, 0.29) is 30.7 Å². The van der Waals surface area contributed by atoms with Crippen LogP contribution in [0.15, 0.2) is 39.7 Å². The minimum Gasteiger partial charge on any atom is -1.00 e. The van der Waals surface area contributed by atoms with Crippen molar-refractivity contribution in [3.05, 3.63) is 56.4 Å². The van der Waals surface area contributed by atoms with Crippen LogP contribution in [-0.4, -0.2) is 11.8 Å². The molecule has 1 aliphatic rings. The van der Waals surface area contributed by atoms with Gasteiger partial charge in [-0.05, 0) is 0 Å². The Kier molecular flexibility index (Phi) is 9.80. The Morgan fingerprint density at radius 3 is 2.18 bits per heavy atom. The van der Waals surface area contributed by atoms with Crippen LogP contribution >= 0.6 is 0 Å².